The minimum atomic E-state index is -0.855. The van der Waals surface area contributed by atoms with Crippen molar-refractivity contribution in [2.75, 3.05) is 6.61 Å². The molecule has 18 heavy (non-hydrogen) atoms. The molecule has 0 spiro atoms. The smallest absolute Gasteiger partial charge is 0.305 e. The number of ether oxygens (including phenoxy) is 1. The highest BCUT2D eigenvalue weighted by molar-refractivity contribution is 5.79. The minimum absolute atomic E-state index is 0.0160. The van der Waals surface area contributed by atoms with E-state index in [1.165, 1.54) is 12.8 Å². The molecule has 1 amide bonds. The van der Waals surface area contributed by atoms with Crippen LogP contribution in [0.2, 0.25) is 0 Å². The summed E-state index contributed by atoms with van der Waals surface area (Å²) in [6.45, 7) is 0.0615. The molecule has 0 aromatic heterocycles. The van der Waals surface area contributed by atoms with Crippen molar-refractivity contribution in [1.82, 2.24) is 5.32 Å². The van der Waals surface area contributed by atoms with Crippen LogP contribution >= 0.6 is 0 Å². The van der Waals surface area contributed by atoms with Gasteiger partial charge in [-0.1, -0.05) is 12.8 Å². The maximum atomic E-state index is 11.8. The van der Waals surface area contributed by atoms with Crippen LogP contribution in [0.1, 0.15) is 51.4 Å². The van der Waals surface area contributed by atoms with Gasteiger partial charge in [0.15, 0.2) is 0 Å². The standard InChI is InChI=1S/C13H21NO4/c15-11(9-18-10-4-1-2-5-10)14-13(6-3-7-13)8-12(16)17/h10H,1-9H2,(H,14,15)(H,16,17). The van der Waals surface area contributed by atoms with Crippen LogP contribution in [0.15, 0.2) is 0 Å². The number of carboxylic acids is 1. The molecule has 5 heteroatoms. The molecule has 2 aliphatic carbocycles. The number of amides is 1. The summed E-state index contributed by atoms with van der Waals surface area (Å²) in [6.07, 6.45) is 7.15. The molecule has 0 bridgehead atoms. The number of hydrogen-bond donors (Lipinski definition) is 2. The molecule has 2 rings (SSSR count). The van der Waals surface area contributed by atoms with Crippen LogP contribution in [-0.2, 0) is 14.3 Å². The molecular weight excluding hydrogens is 234 g/mol. The first kappa shape index (κ1) is 13.3. The molecule has 0 aromatic carbocycles. The minimum Gasteiger partial charge on any atom is -0.481 e. The second-order valence-electron chi connectivity index (χ2n) is 5.47. The molecule has 0 aliphatic heterocycles. The van der Waals surface area contributed by atoms with Crippen molar-refractivity contribution >= 4 is 11.9 Å². The molecule has 102 valence electrons. The highest BCUT2D eigenvalue weighted by atomic mass is 16.5. The molecule has 2 N–H and O–H groups in total. The SMILES string of the molecule is O=C(O)CC1(NC(=O)COC2CCCC2)CCC1. The molecule has 0 radical (unpaired) electrons. The van der Waals surface area contributed by atoms with Crippen LogP contribution < -0.4 is 5.32 Å². The van der Waals surface area contributed by atoms with E-state index in [4.69, 9.17) is 9.84 Å². The van der Waals surface area contributed by atoms with Crippen LogP contribution in [-0.4, -0.2) is 35.2 Å². The van der Waals surface area contributed by atoms with Crippen molar-refractivity contribution in [3.63, 3.8) is 0 Å². The van der Waals surface area contributed by atoms with E-state index in [2.05, 4.69) is 5.32 Å². The van der Waals surface area contributed by atoms with Gasteiger partial charge < -0.3 is 15.2 Å². The lowest BCUT2D eigenvalue weighted by molar-refractivity contribution is -0.141. The summed E-state index contributed by atoms with van der Waals surface area (Å²) < 4.78 is 5.52. The van der Waals surface area contributed by atoms with Gasteiger partial charge in [0.2, 0.25) is 5.91 Å². The van der Waals surface area contributed by atoms with Gasteiger partial charge in [0, 0.05) is 0 Å². The van der Waals surface area contributed by atoms with Crippen molar-refractivity contribution in [3.8, 4) is 0 Å². The van der Waals surface area contributed by atoms with Gasteiger partial charge in [-0.3, -0.25) is 9.59 Å². The van der Waals surface area contributed by atoms with Crippen LogP contribution in [0.4, 0.5) is 0 Å². The van der Waals surface area contributed by atoms with Gasteiger partial charge in [0.1, 0.15) is 6.61 Å². The predicted molar refractivity (Wildman–Crippen MR) is 65.2 cm³/mol. The number of hydrogen-bond acceptors (Lipinski definition) is 3. The summed E-state index contributed by atoms with van der Waals surface area (Å²) in [7, 11) is 0. The molecule has 5 nitrogen and oxygen atoms in total. The van der Waals surface area contributed by atoms with E-state index in [1.807, 2.05) is 0 Å². The Morgan fingerprint density at radius 3 is 2.39 bits per heavy atom. The van der Waals surface area contributed by atoms with E-state index in [0.717, 1.165) is 32.1 Å². The molecule has 0 atom stereocenters. The molecule has 2 fully saturated rings. The van der Waals surface area contributed by atoms with Gasteiger partial charge in [-0.15, -0.1) is 0 Å². The highest BCUT2D eigenvalue weighted by Gasteiger charge is 2.40. The van der Waals surface area contributed by atoms with Gasteiger partial charge in [0.05, 0.1) is 18.1 Å². The molecule has 0 unspecified atom stereocenters. The van der Waals surface area contributed by atoms with Crippen LogP contribution in [0.5, 0.6) is 0 Å². The molecule has 0 heterocycles. The monoisotopic (exact) mass is 255 g/mol. The highest BCUT2D eigenvalue weighted by Crippen LogP contribution is 2.34. The fourth-order valence-electron chi connectivity index (χ4n) is 2.82. The van der Waals surface area contributed by atoms with Crippen LogP contribution in [0.3, 0.4) is 0 Å². The number of nitrogens with one attached hydrogen (secondary N) is 1. The predicted octanol–water partition coefficient (Wildman–Crippen LogP) is 1.46. The van der Waals surface area contributed by atoms with Gasteiger partial charge >= 0.3 is 5.97 Å². The van der Waals surface area contributed by atoms with Crippen LogP contribution in [0, 0.1) is 0 Å². The first-order valence-corrected chi connectivity index (χ1v) is 6.74. The zero-order chi connectivity index (χ0) is 13.0. The molecule has 0 aromatic rings. The number of carbonyl (C=O) groups excluding carboxylic acids is 1. The summed E-state index contributed by atoms with van der Waals surface area (Å²) in [4.78, 5) is 22.5. The number of aliphatic carboxylic acids is 1. The van der Waals surface area contributed by atoms with Crippen molar-refractivity contribution in [3.05, 3.63) is 0 Å². The average molecular weight is 255 g/mol. The summed E-state index contributed by atoms with van der Waals surface area (Å²) in [6, 6.07) is 0. The Morgan fingerprint density at radius 1 is 1.22 bits per heavy atom. The van der Waals surface area contributed by atoms with Crippen molar-refractivity contribution in [2.24, 2.45) is 0 Å². The summed E-state index contributed by atoms with van der Waals surface area (Å²) >= 11 is 0. The van der Waals surface area contributed by atoms with E-state index in [1.54, 1.807) is 0 Å². The summed E-state index contributed by atoms with van der Waals surface area (Å²) in [5, 5.41) is 11.7. The van der Waals surface area contributed by atoms with Crippen molar-refractivity contribution in [1.29, 1.82) is 0 Å². The van der Waals surface area contributed by atoms with Gasteiger partial charge in [-0.2, -0.15) is 0 Å². The molecule has 2 aliphatic rings. The Labute approximate surface area is 107 Å². The third-order valence-electron chi connectivity index (χ3n) is 3.96. The van der Waals surface area contributed by atoms with Gasteiger partial charge in [-0.05, 0) is 32.1 Å². The largest absolute Gasteiger partial charge is 0.481 e. The second-order valence-corrected chi connectivity index (χ2v) is 5.47. The quantitative estimate of drug-likeness (QED) is 0.753. The fourth-order valence-corrected chi connectivity index (χ4v) is 2.82. The lowest BCUT2D eigenvalue weighted by Gasteiger charge is -2.41. The lowest BCUT2D eigenvalue weighted by Crippen LogP contribution is -2.55. The first-order chi connectivity index (χ1) is 8.60. The normalized spacial score (nSPS) is 22.4. The zero-order valence-electron chi connectivity index (χ0n) is 10.6. The Morgan fingerprint density at radius 2 is 1.89 bits per heavy atom. The van der Waals surface area contributed by atoms with E-state index >= 15 is 0 Å². The van der Waals surface area contributed by atoms with E-state index in [0.29, 0.717) is 0 Å². The zero-order valence-corrected chi connectivity index (χ0v) is 10.6. The maximum absolute atomic E-state index is 11.8. The Bertz CT molecular complexity index is 319. The number of rotatable bonds is 6. The summed E-state index contributed by atoms with van der Waals surface area (Å²) in [5.41, 5.74) is -0.512. The average Bonchev–Trinajstić information content (AvgIpc) is 2.75. The van der Waals surface area contributed by atoms with Gasteiger partial charge in [-0.25, -0.2) is 0 Å². The van der Waals surface area contributed by atoms with Gasteiger partial charge in [0.25, 0.3) is 0 Å². The third kappa shape index (κ3) is 3.45. The van der Waals surface area contributed by atoms with E-state index in [9.17, 15) is 9.59 Å². The fraction of sp³-hybridized carbons (Fsp3) is 0.846. The summed E-state index contributed by atoms with van der Waals surface area (Å²) in [5.74, 6) is -1.03. The molecular formula is C13H21NO4. The van der Waals surface area contributed by atoms with E-state index in [-0.39, 0.29) is 25.0 Å². The molecule has 2 saturated carbocycles. The van der Waals surface area contributed by atoms with Crippen molar-refractivity contribution < 1.29 is 19.4 Å². The lowest BCUT2D eigenvalue weighted by atomic mass is 9.74. The third-order valence-corrected chi connectivity index (χ3v) is 3.96. The number of carbonyl (C=O) groups is 2. The Balaban J connectivity index is 1.73. The van der Waals surface area contributed by atoms with E-state index < -0.39 is 11.5 Å². The van der Waals surface area contributed by atoms with Crippen LogP contribution in [0.25, 0.3) is 0 Å². The topological polar surface area (TPSA) is 75.6 Å². The van der Waals surface area contributed by atoms with Crippen molar-refractivity contribution in [2.45, 2.75) is 63.0 Å². The maximum Gasteiger partial charge on any atom is 0.305 e. The first-order valence-electron chi connectivity index (χ1n) is 6.74. The molecule has 0 saturated heterocycles. The Hall–Kier alpha value is -1.10. The second kappa shape index (κ2) is 5.69. The Kier molecular flexibility index (Phi) is 4.22. The number of carboxylic acid groups (broad SMARTS) is 1.